The summed E-state index contributed by atoms with van der Waals surface area (Å²) in [5.74, 6) is 0.770. The minimum Gasteiger partial charge on any atom is -0.369 e. The van der Waals surface area contributed by atoms with Crippen molar-refractivity contribution in [3.63, 3.8) is 0 Å². The van der Waals surface area contributed by atoms with Crippen LogP contribution in [0.25, 0.3) is 0 Å². The summed E-state index contributed by atoms with van der Waals surface area (Å²) in [5, 5.41) is 6.86. The van der Waals surface area contributed by atoms with E-state index in [9.17, 15) is 4.79 Å². The van der Waals surface area contributed by atoms with Gasteiger partial charge >= 0.3 is 0 Å². The molecule has 2 saturated heterocycles. The van der Waals surface area contributed by atoms with Gasteiger partial charge in [0.05, 0.1) is 12.5 Å². The Kier molecular flexibility index (Phi) is 12.3. The molecule has 0 aromatic heterocycles. The number of piperidine rings is 1. The summed E-state index contributed by atoms with van der Waals surface area (Å²) in [6.07, 6.45) is 5.49. The van der Waals surface area contributed by atoms with E-state index in [4.69, 9.17) is 10.7 Å². The Morgan fingerprint density at radius 1 is 1.16 bits per heavy atom. The number of nitrogens with two attached hydrogens (primary N) is 1. The van der Waals surface area contributed by atoms with E-state index in [1.807, 2.05) is 0 Å². The van der Waals surface area contributed by atoms with Crippen LogP contribution in [0.1, 0.15) is 44.6 Å². The Hall–Kier alpha value is -1.39. The fourth-order valence-corrected chi connectivity index (χ4v) is 4.67. The molecule has 1 aromatic rings. The largest absolute Gasteiger partial charge is 0.369 e. The molecule has 4 N–H and O–H groups in total. The molecular weight excluding hydrogens is 515 g/mol. The van der Waals surface area contributed by atoms with E-state index in [1.54, 1.807) is 0 Å². The predicted molar refractivity (Wildman–Crippen MR) is 142 cm³/mol. The van der Waals surface area contributed by atoms with Gasteiger partial charge in [0.25, 0.3) is 0 Å². The molecule has 8 heteroatoms. The maximum atomic E-state index is 11.5. The number of nitrogens with one attached hydrogen (secondary N) is 2. The first kappa shape index (κ1) is 26.9. The molecule has 3 rings (SSSR count). The van der Waals surface area contributed by atoms with E-state index < -0.39 is 0 Å². The van der Waals surface area contributed by atoms with Crippen molar-refractivity contribution in [2.75, 3.05) is 45.8 Å². The SMILES string of the molecule is CCNC(=NCC1CCCN1Cc1ccccc1)NCCCN1CCCC(C(N)=O)C1.I. The number of rotatable bonds is 10. The highest BCUT2D eigenvalue weighted by atomic mass is 127. The number of likely N-dealkylation sites (tertiary alicyclic amines) is 2. The summed E-state index contributed by atoms with van der Waals surface area (Å²) in [4.78, 5) is 21.3. The topological polar surface area (TPSA) is 86.0 Å². The Morgan fingerprint density at radius 2 is 1.94 bits per heavy atom. The van der Waals surface area contributed by atoms with Crippen LogP contribution in [0.15, 0.2) is 35.3 Å². The molecule has 0 bridgehead atoms. The van der Waals surface area contributed by atoms with Crippen LogP contribution in [0.3, 0.4) is 0 Å². The van der Waals surface area contributed by atoms with Crippen LogP contribution in [-0.4, -0.2) is 73.5 Å². The number of halogens is 1. The van der Waals surface area contributed by atoms with Crippen molar-refractivity contribution in [1.29, 1.82) is 0 Å². The molecule has 1 aromatic carbocycles. The van der Waals surface area contributed by atoms with Gasteiger partial charge in [0.2, 0.25) is 5.91 Å². The number of hydrogen-bond acceptors (Lipinski definition) is 4. The van der Waals surface area contributed by atoms with E-state index in [0.29, 0.717) is 6.04 Å². The first-order chi connectivity index (χ1) is 15.2. The fourth-order valence-electron chi connectivity index (χ4n) is 4.67. The lowest BCUT2D eigenvalue weighted by molar-refractivity contribution is -0.123. The number of primary amides is 1. The molecule has 180 valence electrons. The minimum absolute atomic E-state index is 0. The van der Waals surface area contributed by atoms with E-state index in [0.717, 1.165) is 77.6 Å². The third-order valence-electron chi connectivity index (χ3n) is 6.38. The van der Waals surface area contributed by atoms with Gasteiger partial charge in [0, 0.05) is 32.2 Å². The highest BCUT2D eigenvalue weighted by Crippen LogP contribution is 2.20. The van der Waals surface area contributed by atoms with Crippen molar-refractivity contribution >= 4 is 35.8 Å². The maximum absolute atomic E-state index is 11.5. The van der Waals surface area contributed by atoms with Crippen LogP contribution in [0.2, 0.25) is 0 Å². The number of aliphatic imine (C=N–C) groups is 1. The second kappa shape index (κ2) is 14.7. The summed E-state index contributed by atoms with van der Waals surface area (Å²) < 4.78 is 0. The molecule has 2 heterocycles. The summed E-state index contributed by atoms with van der Waals surface area (Å²) >= 11 is 0. The van der Waals surface area contributed by atoms with Crippen LogP contribution in [0.4, 0.5) is 0 Å². The minimum atomic E-state index is -0.155. The van der Waals surface area contributed by atoms with Gasteiger partial charge in [0.15, 0.2) is 5.96 Å². The van der Waals surface area contributed by atoms with E-state index in [1.165, 1.54) is 18.4 Å². The van der Waals surface area contributed by atoms with Crippen molar-refractivity contribution in [2.45, 2.75) is 51.6 Å². The summed E-state index contributed by atoms with van der Waals surface area (Å²) in [6.45, 7) is 9.69. The van der Waals surface area contributed by atoms with E-state index in [2.05, 4.69) is 57.7 Å². The van der Waals surface area contributed by atoms with Gasteiger partial charge in [-0.25, -0.2) is 0 Å². The predicted octanol–water partition coefficient (Wildman–Crippen LogP) is 2.41. The molecule has 2 atom stereocenters. The number of amides is 1. The van der Waals surface area contributed by atoms with Gasteiger partial charge in [-0.05, 0) is 64.2 Å². The number of guanidine groups is 1. The average molecular weight is 557 g/mol. The Morgan fingerprint density at radius 3 is 2.69 bits per heavy atom. The number of hydrogen-bond donors (Lipinski definition) is 3. The Labute approximate surface area is 210 Å². The molecule has 7 nitrogen and oxygen atoms in total. The first-order valence-corrected chi connectivity index (χ1v) is 12.0. The smallest absolute Gasteiger partial charge is 0.221 e. The molecule has 32 heavy (non-hydrogen) atoms. The molecule has 0 radical (unpaired) electrons. The Bertz CT molecular complexity index is 701. The van der Waals surface area contributed by atoms with Crippen molar-refractivity contribution in [3.8, 4) is 0 Å². The summed E-state index contributed by atoms with van der Waals surface area (Å²) in [5.41, 5.74) is 6.86. The fraction of sp³-hybridized carbons (Fsp3) is 0.667. The Balaban J connectivity index is 0.00000363. The molecule has 2 fully saturated rings. The molecule has 2 unspecified atom stereocenters. The molecule has 0 aliphatic carbocycles. The normalized spacial score (nSPS) is 22.3. The highest BCUT2D eigenvalue weighted by Gasteiger charge is 2.25. The number of nitrogens with zero attached hydrogens (tertiary/aromatic N) is 3. The van der Waals surface area contributed by atoms with Crippen molar-refractivity contribution in [2.24, 2.45) is 16.6 Å². The molecule has 2 aliphatic heterocycles. The zero-order valence-electron chi connectivity index (χ0n) is 19.5. The zero-order chi connectivity index (χ0) is 21.9. The van der Waals surface area contributed by atoms with Crippen molar-refractivity contribution in [1.82, 2.24) is 20.4 Å². The monoisotopic (exact) mass is 556 g/mol. The molecular formula is C24H41IN6O. The number of benzene rings is 1. The first-order valence-electron chi connectivity index (χ1n) is 12.0. The van der Waals surface area contributed by atoms with E-state index in [-0.39, 0.29) is 35.8 Å². The number of carbonyl (C=O) groups excluding carboxylic acids is 1. The third-order valence-corrected chi connectivity index (χ3v) is 6.38. The summed E-state index contributed by atoms with van der Waals surface area (Å²) in [6, 6.07) is 11.2. The molecule has 2 aliphatic rings. The van der Waals surface area contributed by atoms with Crippen LogP contribution in [-0.2, 0) is 11.3 Å². The van der Waals surface area contributed by atoms with Crippen LogP contribution >= 0.6 is 24.0 Å². The lowest BCUT2D eigenvalue weighted by Crippen LogP contribution is -2.43. The molecule has 1 amide bonds. The lowest BCUT2D eigenvalue weighted by Gasteiger charge is -2.31. The maximum Gasteiger partial charge on any atom is 0.221 e. The van der Waals surface area contributed by atoms with Crippen molar-refractivity contribution < 1.29 is 4.79 Å². The van der Waals surface area contributed by atoms with Crippen LogP contribution in [0, 0.1) is 5.92 Å². The molecule has 0 saturated carbocycles. The quantitative estimate of drug-likeness (QED) is 0.179. The summed E-state index contributed by atoms with van der Waals surface area (Å²) in [7, 11) is 0. The van der Waals surface area contributed by atoms with Gasteiger partial charge in [-0.15, -0.1) is 24.0 Å². The van der Waals surface area contributed by atoms with Gasteiger partial charge in [-0.1, -0.05) is 30.3 Å². The zero-order valence-corrected chi connectivity index (χ0v) is 21.8. The molecule has 0 spiro atoms. The van der Waals surface area contributed by atoms with Crippen molar-refractivity contribution in [3.05, 3.63) is 35.9 Å². The van der Waals surface area contributed by atoms with Crippen LogP contribution < -0.4 is 16.4 Å². The second-order valence-electron chi connectivity index (χ2n) is 8.79. The third kappa shape index (κ3) is 8.86. The van der Waals surface area contributed by atoms with E-state index >= 15 is 0 Å². The average Bonchev–Trinajstić information content (AvgIpc) is 3.22. The van der Waals surface area contributed by atoms with Gasteiger partial charge in [-0.3, -0.25) is 14.7 Å². The standard InChI is InChI=1S/C24H40N6O.HI/c1-2-26-24(27-13-8-15-29-14-6-11-21(19-29)23(25)31)28-17-22-12-7-16-30(22)18-20-9-4-3-5-10-20;/h3-5,9-10,21-22H,2,6-8,11-19H2,1H3,(H2,25,31)(H2,26,27,28);1H. The van der Waals surface area contributed by atoms with Crippen LogP contribution in [0.5, 0.6) is 0 Å². The highest BCUT2D eigenvalue weighted by molar-refractivity contribution is 14.0. The van der Waals surface area contributed by atoms with Gasteiger partial charge in [-0.2, -0.15) is 0 Å². The second-order valence-corrected chi connectivity index (χ2v) is 8.79. The van der Waals surface area contributed by atoms with Gasteiger partial charge in [0.1, 0.15) is 0 Å². The lowest BCUT2D eigenvalue weighted by atomic mass is 9.97. The van der Waals surface area contributed by atoms with Gasteiger partial charge < -0.3 is 21.3 Å². The number of carbonyl (C=O) groups is 1.